The topological polar surface area (TPSA) is 29.5 Å². The van der Waals surface area contributed by atoms with Crippen molar-refractivity contribution < 1.29 is 13.9 Å². The van der Waals surface area contributed by atoms with Crippen molar-refractivity contribution in [3.63, 3.8) is 0 Å². The first-order chi connectivity index (χ1) is 8.15. The number of nitrogens with zero attached hydrogens (tertiary/aromatic N) is 1. The highest BCUT2D eigenvalue weighted by atomic mass is 35.5. The molecule has 1 aliphatic heterocycles. The molecule has 0 atom stereocenters. The van der Waals surface area contributed by atoms with Gasteiger partial charge in [0.2, 0.25) is 0 Å². The summed E-state index contributed by atoms with van der Waals surface area (Å²) < 4.78 is 18.8. The molecule has 92 valence electrons. The van der Waals surface area contributed by atoms with E-state index >= 15 is 0 Å². The molecule has 1 aliphatic rings. The quantitative estimate of drug-likeness (QED) is 0.815. The van der Waals surface area contributed by atoms with Crippen molar-refractivity contribution in [2.75, 3.05) is 20.2 Å². The number of hydrogen-bond acceptors (Lipinski definition) is 2. The summed E-state index contributed by atoms with van der Waals surface area (Å²) in [6, 6.07) is 2.89. The van der Waals surface area contributed by atoms with Crippen LogP contribution < -0.4 is 4.74 Å². The molecule has 0 aliphatic carbocycles. The van der Waals surface area contributed by atoms with E-state index in [1.807, 2.05) is 0 Å². The van der Waals surface area contributed by atoms with Gasteiger partial charge in [-0.3, -0.25) is 4.79 Å². The van der Waals surface area contributed by atoms with Gasteiger partial charge in [-0.25, -0.2) is 4.39 Å². The predicted octanol–water partition coefficient (Wildman–Crippen LogP) is 2.72. The summed E-state index contributed by atoms with van der Waals surface area (Å²) in [6.45, 7) is 1.32. The summed E-state index contributed by atoms with van der Waals surface area (Å²) >= 11 is 5.89. The second kappa shape index (κ2) is 4.92. The van der Waals surface area contributed by atoms with Crippen molar-refractivity contribution in [1.82, 2.24) is 4.90 Å². The van der Waals surface area contributed by atoms with Gasteiger partial charge in [0.15, 0.2) is 11.6 Å². The van der Waals surface area contributed by atoms with Crippen LogP contribution in [0.2, 0.25) is 5.02 Å². The number of ether oxygens (including phenoxy) is 1. The summed E-state index contributed by atoms with van der Waals surface area (Å²) in [4.78, 5) is 13.7. The molecule has 1 amide bonds. The van der Waals surface area contributed by atoms with Crippen molar-refractivity contribution in [3.05, 3.63) is 28.5 Å². The lowest BCUT2D eigenvalue weighted by Crippen LogP contribution is -2.28. The molecule has 0 radical (unpaired) electrons. The second-order valence-electron chi connectivity index (χ2n) is 3.94. The number of carbonyl (C=O) groups is 1. The fourth-order valence-corrected chi connectivity index (χ4v) is 2.19. The van der Waals surface area contributed by atoms with Gasteiger partial charge in [0, 0.05) is 13.1 Å². The zero-order chi connectivity index (χ0) is 12.4. The molecule has 2 rings (SSSR count). The van der Waals surface area contributed by atoms with Crippen LogP contribution >= 0.6 is 11.6 Å². The van der Waals surface area contributed by atoms with Crippen LogP contribution in [0.3, 0.4) is 0 Å². The Hall–Kier alpha value is -1.29. The maximum atomic E-state index is 14.0. The molecular formula is C12H13ClFNO2. The van der Waals surface area contributed by atoms with Crippen LogP contribution in [0.5, 0.6) is 5.75 Å². The third kappa shape index (κ3) is 2.22. The van der Waals surface area contributed by atoms with Crippen LogP contribution in [0, 0.1) is 5.82 Å². The third-order valence-corrected chi connectivity index (χ3v) is 3.20. The van der Waals surface area contributed by atoms with E-state index in [9.17, 15) is 9.18 Å². The summed E-state index contributed by atoms with van der Waals surface area (Å²) in [5.41, 5.74) is -0.0899. The molecule has 0 bridgehead atoms. The highest BCUT2D eigenvalue weighted by Gasteiger charge is 2.26. The lowest BCUT2D eigenvalue weighted by Gasteiger charge is -2.17. The molecule has 0 spiro atoms. The highest BCUT2D eigenvalue weighted by molar-refractivity contribution is 6.34. The molecule has 1 heterocycles. The molecule has 1 fully saturated rings. The lowest BCUT2D eigenvalue weighted by atomic mass is 10.1. The number of benzene rings is 1. The zero-order valence-corrected chi connectivity index (χ0v) is 10.3. The van der Waals surface area contributed by atoms with Crippen molar-refractivity contribution >= 4 is 17.5 Å². The molecule has 1 saturated heterocycles. The molecule has 17 heavy (non-hydrogen) atoms. The molecule has 0 N–H and O–H groups in total. The van der Waals surface area contributed by atoms with Gasteiger partial charge in [-0.05, 0) is 25.0 Å². The fraction of sp³-hybridized carbons (Fsp3) is 0.417. The number of likely N-dealkylation sites (tertiary alicyclic amines) is 1. The SMILES string of the molecule is COc1ccc(Cl)c(C(=O)N2CCCC2)c1F. The Morgan fingerprint density at radius 2 is 2.06 bits per heavy atom. The van der Waals surface area contributed by atoms with E-state index in [0.717, 1.165) is 12.8 Å². The first-order valence-electron chi connectivity index (χ1n) is 5.46. The Kier molecular flexibility index (Phi) is 3.52. The predicted molar refractivity (Wildman–Crippen MR) is 63.1 cm³/mol. The lowest BCUT2D eigenvalue weighted by molar-refractivity contribution is 0.0787. The van der Waals surface area contributed by atoms with Gasteiger partial charge in [-0.1, -0.05) is 11.6 Å². The summed E-state index contributed by atoms with van der Waals surface area (Å²) in [5.74, 6) is -1.00. The molecule has 0 saturated carbocycles. The Morgan fingerprint density at radius 3 is 2.65 bits per heavy atom. The molecule has 0 unspecified atom stereocenters. The van der Waals surface area contributed by atoms with Crippen molar-refractivity contribution in [3.8, 4) is 5.75 Å². The average molecular weight is 258 g/mol. The largest absolute Gasteiger partial charge is 0.494 e. The van der Waals surface area contributed by atoms with E-state index in [1.54, 1.807) is 4.90 Å². The van der Waals surface area contributed by atoms with Gasteiger partial charge in [0.05, 0.1) is 17.7 Å². The maximum Gasteiger partial charge on any atom is 0.258 e. The minimum atomic E-state index is -0.683. The maximum absolute atomic E-state index is 14.0. The van der Waals surface area contributed by atoms with Gasteiger partial charge in [-0.15, -0.1) is 0 Å². The van der Waals surface area contributed by atoms with Crippen molar-refractivity contribution in [1.29, 1.82) is 0 Å². The van der Waals surface area contributed by atoms with Crippen molar-refractivity contribution in [2.24, 2.45) is 0 Å². The number of rotatable bonds is 2. The first kappa shape index (κ1) is 12.2. The smallest absolute Gasteiger partial charge is 0.258 e. The van der Waals surface area contributed by atoms with E-state index in [1.165, 1.54) is 19.2 Å². The van der Waals surface area contributed by atoms with Crippen molar-refractivity contribution in [2.45, 2.75) is 12.8 Å². The average Bonchev–Trinajstić information content (AvgIpc) is 2.82. The molecule has 5 heteroatoms. The van der Waals surface area contributed by atoms with E-state index < -0.39 is 5.82 Å². The molecule has 0 aromatic heterocycles. The molecule has 3 nitrogen and oxygen atoms in total. The number of hydrogen-bond donors (Lipinski definition) is 0. The van der Waals surface area contributed by atoms with Crippen LogP contribution in [-0.2, 0) is 0 Å². The van der Waals surface area contributed by atoms with Gasteiger partial charge >= 0.3 is 0 Å². The summed E-state index contributed by atoms with van der Waals surface area (Å²) in [7, 11) is 1.36. The Balaban J connectivity index is 2.39. The van der Waals surface area contributed by atoms with Crippen LogP contribution in [0.25, 0.3) is 0 Å². The van der Waals surface area contributed by atoms with Crippen LogP contribution in [0.1, 0.15) is 23.2 Å². The van der Waals surface area contributed by atoms with E-state index in [0.29, 0.717) is 13.1 Å². The fourth-order valence-electron chi connectivity index (χ4n) is 1.97. The zero-order valence-electron chi connectivity index (χ0n) is 9.50. The number of carbonyl (C=O) groups excluding carboxylic acids is 1. The molecular weight excluding hydrogens is 245 g/mol. The minimum Gasteiger partial charge on any atom is -0.494 e. The van der Waals surface area contributed by atoms with Gasteiger partial charge in [-0.2, -0.15) is 0 Å². The number of halogens is 2. The van der Waals surface area contributed by atoms with E-state index in [2.05, 4.69) is 0 Å². The number of amides is 1. The summed E-state index contributed by atoms with van der Waals surface area (Å²) in [5, 5.41) is 0.125. The molecule has 1 aromatic rings. The Bertz CT molecular complexity index is 444. The third-order valence-electron chi connectivity index (χ3n) is 2.88. The second-order valence-corrected chi connectivity index (χ2v) is 4.35. The monoisotopic (exact) mass is 257 g/mol. The standard InChI is InChI=1S/C12H13ClFNO2/c1-17-9-5-4-8(13)10(11(9)14)12(16)15-6-2-3-7-15/h4-5H,2-3,6-7H2,1H3. The van der Waals surface area contributed by atoms with Crippen LogP contribution in [-0.4, -0.2) is 31.0 Å². The van der Waals surface area contributed by atoms with E-state index in [-0.39, 0.29) is 22.2 Å². The van der Waals surface area contributed by atoms with Crippen LogP contribution in [0.15, 0.2) is 12.1 Å². The Labute approximate surface area is 104 Å². The van der Waals surface area contributed by atoms with E-state index in [4.69, 9.17) is 16.3 Å². The van der Waals surface area contributed by atoms with Gasteiger partial charge in [0.1, 0.15) is 0 Å². The molecule has 1 aromatic carbocycles. The normalized spacial score (nSPS) is 15.1. The van der Waals surface area contributed by atoms with Gasteiger partial charge < -0.3 is 9.64 Å². The summed E-state index contributed by atoms with van der Waals surface area (Å²) in [6.07, 6.45) is 1.91. The van der Waals surface area contributed by atoms with Gasteiger partial charge in [0.25, 0.3) is 5.91 Å². The number of methoxy groups -OCH3 is 1. The highest BCUT2D eigenvalue weighted by Crippen LogP contribution is 2.29. The Morgan fingerprint density at radius 1 is 1.41 bits per heavy atom. The minimum absolute atomic E-state index is 0.0388. The van der Waals surface area contributed by atoms with Crippen LogP contribution in [0.4, 0.5) is 4.39 Å². The first-order valence-corrected chi connectivity index (χ1v) is 5.84.